The molecule has 5 heteroatoms. The average Bonchev–Trinajstić information content (AvgIpc) is 2.40. The lowest BCUT2D eigenvalue weighted by molar-refractivity contribution is 0.139. The van der Waals surface area contributed by atoms with Crippen molar-refractivity contribution in [2.45, 2.75) is 26.3 Å². The molecule has 0 bridgehead atoms. The Morgan fingerprint density at radius 1 is 1.35 bits per heavy atom. The van der Waals surface area contributed by atoms with Crippen LogP contribution in [-0.2, 0) is 0 Å². The number of hydrogen-bond acceptors (Lipinski definition) is 4. The predicted octanol–water partition coefficient (Wildman–Crippen LogP) is 1.62. The third kappa shape index (κ3) is 2.58. The normalized spacial score (nSPS) is 20.2. The highest BCUT2D eigenvalue weighted by Crippen LogP contribution is 2.30. The van der Waals surface area contributed by atoms with E-state index >= 15 is 0 Å². The minimum absolute atomic E-state index is 0.100. The van der Waals surface area contributed by atoms with Gasteiger partial charge in [-0.05, 0) is 39.4 Å². The monoisotopic (exact) mass is 276 g/mol. The molecule has 1 aromatic carbocycles. The Morgan fingerprint density at radius 2 is 2.05 bits per heavy atom. The van der Waals surface area contributed by atoms with Gasteiger partial charge in [-0.3, -0.25) is 4.90 Å². The van der Waals surface area contributed by atoms with Crippen molar-refractivity contribution in [3.05, 3.63) is 29.3 Å². The highest BCUT2D eigenvalue weighted by atomic mass is 16.4. The molecule has 0 aliphatic carbocycles. The van der Waals surface area contributed by atoms with Gasteiger partial charge >= 0.3 is 0 Å². The first-order valence-corrected chi connectivity index (χ1v) is 6.90. The predicted molar refractivity (Wildman–Crippen MR) is 82.6 cm³/mol. The molecular formula is C15H24N4O. The van der Waals surface area contributed by atoms with Crippen LogP contribution >= 0.6 is 0 Å². The lowest BCUT2D eigenvalue weighted by atomic mass is 9.97. The Bertz CT molecular complexity index is 525. The molecule has 0 aromatic heterocycles. The fourth-order valence-corrected chi connectivity index (χ4v) is 2.77. The maximum Gasteiger partial charge on any atom is 0.172 e. The van der Waals surface area contributed by atoms with Crippen LogP contribution < -0.4 is 10.6 Å². The van der Waals surface area contributed by atoms with E-state index in [0.29, 0.717) is 0 Å². The van der Waals surface area contributed by atoms with Crippen molar-refractivity contribution in [2.24, 2.45) is 10.9 Å². The van der Waals surface area contributed by atoms with E-state index in [9.17, 15) is 0 Å². The number of para-hydroxylation sites is 1. The van der Waals surface area contributed by atoms with Crippen LogP contribution in [-0.4, -0.2) is 48.2 Å². The van der Waals surface area contributed by atoms with Gasteiger partial charge in [0.25, 0.3) is 0 Å². The molecule has 0 spiro atoms. The summed E-state index contributed by atoms with van der Waals surface area (Å²) in [6, 6.07) is 5.91. The molecule has 2 rings (SSSR count). The van der Waals surface area contributed by atoms with Gasteiger partial charge in [0.1, 0.15) is 0 Å². The fourth-order valence-electron chi connectivity index (χ4n) is 2.77. The van der Waals surface area contributed by atoms with Gasteiger partial charge in [-0.1, -0.05) is 17.3 Å². The van der Waals surface area contributed by atoms with Crippen molar-refractivity contribution in [3.63, 3.8) is 0 Å². The molecule has 1 saturated heterocycles. The topological polar surface area (TPSA) is 65.1 Å². The van der Waals surface area contributed by atoms with E-state index in [1.807, 2.05) is 12.1 Å². The molecular weight excluding hydrogens is 252 g/mol. The van der Waals surface area contributed by atoms with Gasteiger partial charge in [0.15, 0.2) is 5.84 Å². The van der Waals surface area contributed by atoms with Crippen molar-refractivity contribution in [2.75, 3.05) is 31.6 Å². The van der Waals surface area contributed by atoms with Gasteiger partial charge in [-0.25, -0.2) is 0 Å². The number of aryl methyl sites for hydroxylation is 1. The number of likely N-dealkylation sites (N-methyl/N-ethyl adjacent to an activating group) is 1. The SMILES string of the molecule is Cc1cccc(/C(N)=N/O)c1N1CCN(C)C(C)(C)C1. The first-order valence-electron chi connectivity index (χ1n) is 6.90. The van der Waals surface area contributed by atoms with Crippen LogP contribution in [0.4, 0.5) is 5.69 Å². The minimum Gasteiger partial charge on any atom is -0.409 e. The zero-order valence-electron chi connectivity index (χ0n) is 12.7. The highest BCUT2D eigenvalue weighted by Gasteiger charge is 2.32. The van der Waals surface area contributed by atoms with Crippen molar-refractivity contribution in [1.29, 1.82) is 0 Å². The van der Waals surface area contributed by atoms with Gasteiger partial charge in [0.2, 0.25) is 0 Å². The third-order valence-corrected chi connectivity index (χ3v) is 4.25. The Hall–Kier alpha value is -1.75. The summed E-state index contributed by atoms with van der Waals surface area (Å²) in [5, 5.41) is 12.1. The number of nitrogens with zero attached hydrogens (tertiary/aromatic N) is 3. The summed E-state index contributed by atoms with van der Waals surface area (Å²) in [6.07, 6.45) is 0. The van der Waals surface area contributed by atoms with E-state index in [2.05, 4.69) is 48.8 Å². The van der Waals surface area contributed by atoms with Crippen molar-refractivity contribution in [3.8, 4) is 0 Å². The van der Waals surface area contributed by atoms with Gasteiger partial charge < -0.3 is 15.8 Å². The van der Waals surface area contributed by atoms with Crippen molar-refractivity contribution >= 4 is 11.5 Å². The molecule has 110 valence electrons. The molecule has 20 heavy (non-hydrogen) atoms. The zero-order chi connectivity index (χ0) is 14.9. The first-order chi connectivity index (χ1) is 9.36. The molecule has 1 aromatic rings. The largest absolute Gasteiger partial charge is 0.409 e. The number of benzene rings is 1. The van der Waals surface area contributed by atoms with Crippen LogP contribution in [0.1, 0.15) is 25.0 Å². The van der Waals surface area contributed by atoms with Crippen LogP contribution in [0.25, 0.3) is 0 Å². The molecule has 1 heterocycles. The van der Waals surface area contributed by atoms with Crippen LogP contribution in [0.2, 0.25) is 0 Å². The summed E-state index contributed by atoms with van der Waals surface area (Å²) >= 11 is 0. The van der Waals surface area contributed by atoms with Gasteiger partial charge in [-0.2, -0.15) is 0 Å². The van der Waals surface area contributed by atoms with E-state index < -0.39 is 0 Å². The number of nitrogens with two attached hydrogens (primary N) is 1. The second-order valence-electron chi connectivity index (χ2n) is 6.11. The van der Waals surface area contributed by atoms with Crippen molar-refractivity contribution in [1.82, 2.24) is 4.90 Å². The standard InChI is InChI=1S/C15H24N4O/c1-11-6-5-7-12(14(16)17-20)13(11)19-9-8-18(4)15(2,3)10-19/h5-7,20H,8-10H2,1-4H3,(H2,16,17). The van der Waals surface area contributed by atoms with E-state index in [4.69, 9.17) is 10.9 Å². The quantitative estimate of drug-likeness (QED) is 0.373. The molecule has 0 unspecified atom stereocenters. The number of hydrogen-bond donors (Lipinski definition) is 2. The molecule has 0 amide bonds. The molecule has 1 fully saturated rings. The number of amidine groups is 1. The molecule has 0 atom stereocenters. The maximum absolute atomic E-state index is 8.98. The average molecular weight is 276 g/mol. The number of rotatable bonds is 2. The minimum atomic E-state index is 0.100. The smallest absolute Gasteiger partial charge is 0.172 e. The molecule has 5 nitrogen and oxygen atoms in total. The summed E-state index contributed by atoms with van der Waals surface area (Å²) in [5.41, 5.74) is 8.95. The van der Waals surface area contributed by atoms with Gasteiger partial charge in [-0.15, -0.1) is 0 Å². The molecule has 0 radical (unpaired) electrons. The van der Waals surface area contributed by atoms with Crippen LogP contribution in [0.15, 0.2) is 23.4 Å². The van der Waals surface area contributed by atoms with Gasteiger partial charge in [0.05, 0.1) is 5.69 Å². The van der Waals surface area contributed by atoms with Crippen LogP contribution in [0, 0.1) is 6.92 Å². The molecule has 1 aliphatic rings. The van der Waals surface area contributed by atoms with E-state index in [1.54, 1.807) is 0 Å². The number of piperazine rings is 1. The molecule has 1 aliphatic heterocycles. The summed E-state index contributed by atoms with van der Waals surface area (Å²) in [6.45, 7) is 9.39. The zero-order valence-corrected chi connectivity index (χ0v) is 12.7. The van der Waals surface area contributed by atoms with E-state index in [1.165, 1.54) is 0 Å². The summed E-state index contributed by atoms with van der Waals surface area (Å²) in [7, 11) is 2.15. The fraction of sp³-hybridized carbons (Fsp3) is 0.533. The van der Waals surface area contributed by atoms with Gasteiger partial charge in [0, 0.05) is 30.7 Å². The van der Waals surface area contributed by atoms with Crippen LogP contribution in [0.3, 0.4) is 0 Å². The van der Waals surface area contributed by atoms with Crippen LogP contribution in [0.5, 0.6) is 0 Å². The lowest BCUT2D eigenvalue weighted by Gasteiger charge is -2.47. The Balaban J connectivity index is 2.43. The summed E-state index contributed by atoms with van der Waals surface area (Å²) < 4.78 is 0. The maximum atomic E-state index is 8.98. The Morgan fingerprint density at radius 3 is 2.65 bits per heavy atom. The second-order valence-corrected chi connectivity index (χ2v) is 6.11. The Labute approximate surface area is 120 Å². The lowest BCUT2D eigenvalue weighted by Crippen LogP contribution is -2.58. The first kappa shape index (κ1) is 14.7. The number of oxime groups is 1. The Kier molecular flexibility index (Phi) is 3.90. The van der Waals surface area contributed by atoms with E-state index in [-0.39, 0.29) is 11.4 Å². The molecule has 3 N–H and O–H groups in total. The number of anilines is 1. The van der Waals surface area contributed by atoms with Crippen molar-refractivity contribution < 1.29 is 5.21 Å². The molecule has 0 saturated carbocycles. The summed E-state index contributed by atoms with van der Waals surface area (Å²) in [5.74, 6) is 0.167. The highest BCUT2D eigenvalue weighted by molar-refractivity contribution is 6.02. The second kappa shape index (κ2) is 5.32. The summed E-state index contributed by atoms with van der Waals surface area (Å²) in [4.78, 5) is 4.70. The van der Waals surface area contributed by atoms with E-state index in [0.717, 1.165) is 36.4 Å². The third-order valence-electron chi connectivity index (χ3n) is 4.25.